The predicted molar refractivity (Wildman–Crippen MR) is 74.7 cm³/mol. The van der Waals surface area contributed by atoms with E-state index in [1.807, 2.05) is 18.7 Å². The molecule has 2 fully saturated rings. The van der Waals surface area contributed by atoms with Crippen LogP contribution in [-0.4, -0.2) is 34.3 Å². The summed E-state index contributed by atoms with van der Waals surface area (Å²) in [4.78, 5) is 26.8. The number of piperazine rings is 1. The van der Waals surface area contributed by atoms with Crippen molar-refractivity contribution in [2.24, 2.45) is 0 Å². The molecule has 1 N–H and O–H groups in total. The second-order valence-corrected chi connectivity index (χ2v) is 6.29. The lowest BCUT2D eigenvalue weighted by atomic mass is 9.79. The minimum Gasteiger partial charge on any atom is -0.340 e. The summed E-state index contributed by atoms with van der Waals surface area (Å²) < 4.78 is 0. The van der Waals surface area contributed by atoms with Crippen LogP contribution in [0.1, 0.15) is 65.7 Å². The summed E-state index contributed by atoms with van der Waals surface area (Å²) in [7, 11) is 0. The molecule has 0 aromatic rings. The van der Waals surface area contributed by atoms with E-state index in [2.05, 4.69) is 12.2 Å². The molecule has 108 valence electrons. The molecule has 0 radical (unpaired) electrons. The van der Waals surface area contributed by atoms with Gasteiger partial charge in [0, 0.05) is 5.54 Å². The molecule has 1 saturated heterocycles. The third-order valence-corrected chi connectivity index (χ3v) is 5.12. The first-order valence-electron chi connectivity index (χ1n) is 7.60. The Bertz CT molecular complexity index is 368. The van der Waals surface area contributed by atoms with Gasteiger partial charge in [0.25, 0.3) is 0 Å². The van der Waals surface area contributed by atoms with Crippen molar-refractivity contribution in [2.45, 2.75) is 76.8 Å². The van der Waals surface area contributed by atoms with Crippen LogP contribution in [0.3, 0.4) is 0 Å². The number of amides is 2. The van der Waals surface area contributed by atoms with Crippen molar-refractivity contribution in [3.63, 3.8) is 0 Å². The maximum absolute atomic E-state index is 12.9. The Hall–Kier alpha value is -1.06. The lowest BCUT2D eigenvalue weighted by molar-refractivity contribution is -0.158. The topological polar surface area (TPSA) is 49.4 Å². The van der Waals surface area contributed by atoms with E-state index in [9.17, 15) is 9.59 Å². The highest BCUT2D eigenvalue weighted by atomic mass is 16.2. The number of hydrogen-bond donors (Lipinski definition) is 1. The van der Waals surface area contributed by atoms with Crippen LogP contribution in [-0.2, 0) is 9.59 Å². The largest absolute Gasteiger partial charge is 0.340 e. The van der Waals surface area contributed by atoms with E-state index in [4.69, 9.17) is 0 Å². The number of nitrogens with one attached hydrogen (secondary N) is 1. The van der Waals surface area contributed by atoms with E-state index >= 15 is 0 Å². The minimum atomic E-state index is -0.671. The van der Waals surface area contributed by atoms with Crippen molar-refractivity contribution in [1.29, 1.82) is 0 Å². The van der Waals surface area contributed by atoms with E-state index < -0.39 is 5.54 Å². The van der Waals surface area contributed by atoms with Gasteiger partial charge in [0.15, 0.2) is 0 Å². The van der Waals surface area contributed by atoms with Crippen LogP contribution in [0.4, 0.5) is 0 Å². The Morgan fingerprint density at radius 2 is 1.68 bits per heavy atom. The average molecular weight is 266 g/mol. The van der Waals surface area contributed by atoms with E-state index in [0.29, 0.717) is 12.8 Å². The first-order chi connectivity index (χ1) is 8.97. The molecule has 1 aliphatic carbocycles. The highest BCUT2D eigenvalue weighted by molar-refractivity contribution is 5.98. The Kier molecular flexibility index (Phi) is 3.88. The summed E-state index contributed by atoms with van der Waals surface area (Å²) in [6.45, 7) is 6.35. The van der Waals surface area contributed by atoms with Crippen molar-refractivity contribution < 1.29 is 9.59 Å². The molecule has 4 nitrogen and oxygen atoms in total. The second-order valence-electron chi connectivity index (χ2n) is 6.29. The molecule has 0 atom stereocenters. The minimum absolute atomic E-state index is 0.00454. The Labute approximate surface area is 115 Å². The lowest BCUT2D eigenvalue weighted by Gasteiger charge is -2.50. The van der Waals surface area contributed by atoms with Gasteiger partial charge in [-0.25, -0.2) is 0 Å². The van der Waals surface area contributed by atoms with E-state index in [1.165, 1.54) is 6.42 Å². The highest BCUT2D eigenvalue weighted by Gasteiger charge is 2.49. The van der Waals surface area contributed by atoms with Gasteiger partial charge in [-0.3, -0.25) is 9.59 Å². The SMILES string of the molecule is CCC1(CC)NC(=O)CN(C2(C)CCCCC2)C1=O. The number of rotatable bonds is 3. The Balaban J connectivity index is 2.29. The molecule has 2 aliphatic rings. The normalized spacial score (nSPS) is 26.2. The molecule has 0 spiro atoms. The molecule has 1 heterocycles. The van der Waals surface area contributed by atoms with Crippen molar-refractivity contribution >= 4 is 11.8 Å². The van der Waals surface area contributed by atoms with Gasteiger partial charge >= 0.3 is 0 Å². The number of nitrogens with zero attached hydrogens (tertiary/aromatic N) is 1. The second kappa shape index (κ2) is 5.14. The van der Waals surface area contributed by atoms with Gasteiger partial charge in [0.05, 0.1) is 0 Å². The van der Waals surface area contributed by atoms with Crippen LogP contribution in [0, 0.1) is 0 Å². The average Bonchev–Trinajstić information content (AvgIpc) is 2.42. The summed E-state index contributed by atoms with van der Waals surface area (Å²) in [5.74, 6) is 0.122. The number of carbonyl (C=O) groups excluding carboxylic acids is 2. The first-order valence-corrected chi connectivity index (χ1v) is 7.60. The zero-order chi connectivity index (χ0) is 14.1. The molecular weight excluding hydrogens is 240 g/mol. The maximum Gasteiger partial charge on any atom is 0.249 e. The summed E-state index contributed by atoms with van der Waals surface area (Å²) in [5.41, 5.74) is -0.793. The molecule has 1 saturated carbocycles. The summed E-state index contributed by atoms with van der Waals surface area (Å²) in [5, 5.41) is 2.94. The fraction of sp³-hybridized carbons (Fsp3) is 0.867. The van der Waals surface area contributed by atoms with Crippen LogP contribution >= 0.6 is 0 Å². The highest BCUT2D eigenvalue weighted by Crippen LogP contribution is 2.36. The van der Waals surface area contributed by atoms with Crippen molar-refractivity contribution in [3.05, 3.63) is 0 Å². The van der Waals surface area contributed by atoms with Crippen LogP contribution in [0.25, 0.3) is 0 Å². The van der Waals surface area contributed by atoms with Gasteiger partial charge in [-0.1, -0.05) is 33.1 Å². The van der Waals surface area contributed by atoms with Gasteiger partial charge in [-0.05, 0) is 32.6 Å². The molecule has 2 rings (SSSR count). The van der Waals surface area contributed by atoms with Gasteiger partial charge < -0.3 is 10.2 Å². The predicted octanol–water partition coefficient (Wildman–Crippen LogP) is 2.23. The van der Waals surface area contributed by atoms with E-state index in [0.717, 1.165) is 25.7 Å². The summed E-state index contributed by atoms with van der Waals surface area (Å²) in [6, 6.07) is 0. The number of carbonyl (C=O) groups is 2. The third kappa shape index (κ3) is 2.37. The summed E-state index contributed by atoms with van der Waals surface area (Å²) in [6.07, 6.45) is 6.95. The van der Waals surface area contributed by atoms with E-state index in [1.54, 1.807) is 0 Å². The van der Waals surface area contributed by atoms with Gasteiger partial charge in [-0.15, -0.1) is 0 Å². The number of hydrogen-bond acceptors (Lipinski definition) is 2. The molecule has 0 bridgehead atoms. The zero-order valence-electron chi connectivity index (χ0n) is 12.4. The van der Waals surface area contributed by atoms with Crippen LogP contribution < -0.4 is 5.32 Å². The Morgan fingerprint density at radius 1 is 1.11 bits per heavy atom. The lowest BCUT2D eigenvalue weighted by Crippen LogP contribution is -2.70. The molecule has 4 heteroatoms. The van der Waals surface area contributed by atoms with Crippen LogP contribution in [0.2, 0.25) is 0 Å². The summed E-state index contributed by atoms with van der Waals surface area (Å²) >= 11 is 0. The zero-order valence-corrected chi connectivity index (χ0v) is 12.4. The quantitative estimate of drug-likeness (QED) is 0.851. The van der Waals surface area contributed by atoms with Crippen molar-refractivity contribution in [1.82, 2.24) is 10.2 Å². The van der Waals surface area contributed by atoms with Crippen LogP contribution in [0.5, 0.6) is 0 Å². The molecule has 19 heavy (non-hydrogen) atoms. The molecule has 1 aliphatic heterocycles. The maximum atomic E-state index is 12.9. The van der Waals surface area contributed by atoms with Crippen molar-refractivity contribution in [3.8, 4) is 0 Å². The van der Waals surface area contributed by atoms with E-state index in [-0.39, 0.29) is 23.9 Å². The van der Waals surface area contributed by atoms with Crippen LogP contribution in [0.15, 0.2) is 0 Å². The fourth-order valence-corrected chi connectivity index (χ4v) is 3.58. The van der Waals surface area contributed by atoms with Gasteiger partial charge in [-0.2, -0.15) is 0 Å². The molecule has 0 aromatic heterocycles. The van der Waals surface area contributed by atoms with Gasteiger partial charge in [0.2, 0.25) is 11.8 Å². The molecular formula is C15H26N2O2. The Morgan fingerprint density at radius 3 is 2.21 bits per heavy atom. The molecule has 0 unspecified atom stereocenters. The standard InChI is InChI=1S/C15H26N2O2/c1-4-15(5-2)13(19)17(11-12(18)16-15)14(3)9-7-6-8-10-14/h4-11H2,1-3H3,(H,16,18). The smallest absolute Gasteiger partial charge is 0.249 e. The third-order valence-electron chi connectivity index (χ3n) is 5.12. The van der Waals surface area contributed by atoms with Gasteiger partial charge in [0.1, 0.15) is 12.1 Å². The van der Waals surface area contributed by atoms with Crippen molar-refractivity contribution in [2.75, 3.05) is 6.54 Å². The first kappa shape index (κ1) is 14.4. The fourth-order valence-electron chi connectivity index (χ4n) is 3.58. The molecule has 0 aromatic carbocycles. The monoisotopic (exact) mass is 266 g/mol. The molecule has 2 amide bonds.